The number of anilines is 1. The van der Waals surface area contributed by atoms with Crippen LogP contribution < -0.4 is 4.90 Å². The van der Waals surface area contributed by atoms with Crippen LogP contribution in [0.15, 0.2) is 45.7 Å². The highest BCUT2D eigenvalue weighted by Gasteiger charge is 2.24. The van der Waals surface area contributed by atoms with E-state index >= 15 is 0 Å². The Morgan fingerprint density at radius 3 is 2.73 bits per heavy atom. The van der Waals surface area contributed by atoms with Gasteiger partial charge in [0.1, 0.15) is 17.8 Å². The summed E-state index contributed by atoms with van der Waals surface area (Å²) in [6.45, 7) is 2.91. The number of amides is 1. The first-order valence-electron chi connectivity index (χ1n) is 8.36. The van der Waals surface area contributed by atoms with Crippen molar-refractivity contribution in [3.05, 3.63) is 51.3 Å². The number of aromatic amines is 1. The summed E-state index contributed by atoms with van der Waals surface area (Å²) >= 11 is 7.01. The van der Waals surface area contributed by atoms with Crippen molar-refractivity contribution in [3.8, 4) is 0 Å². The molecule has 1 aliphatic rings. The van der Waals surface area contributed by atoms with Crippen molar-refractivity contribution in [1.29, 1.82) is 0 Å². The number of fused-ring (bicyclic) bond motifs is 1. The molecule has 1 aromatic carbocycles. The molecule has 0 unspecified atom stereocenters. The van der Waals surface area contributed by atoms with Crippen LogP contribution in [0.4, 0.5) is 5.82 Å². The average molecular weight is 479 g/mol. The van der Waals surface area contributed by atoms with Crippen molar-refractivity contribution in [1.82, 2.24) is 19.9 Å². The summed E-state index contributed by atoms with van der Waals surface area (Å²) in [5.41, 5.74) is 1.84. The third-order valence-electron chi connectivity index (χ3n) is 4.58. The van der Waals surface area contributed by atoms with E-state index in [1.165, 1.54) is 0 Å². The number of H-pyrrole nitrogens is 1. The van der Waals surface area contributed by atoms with Gasteiger partial charge in [0.05, 0.1) is 11.8 Å². The van der Waals surface area contributed by atoms with Crippen molar-refractivity contribution >= 4 is 54.6 Å². The van der Waals surface area contributed by atoms with E-state index in [0.717, 1.165) is 44.4 Å². The molecule has 2 aromatic heterocycles. The molecule has 8 heteroatoms. The van der Waals surface area contributed by atoms with Gasteiger partial charge in [0.15, 0.2) is 0 Å². The zero-order valence-electron chi connectivity index (χ0n) is 14.0. The standard InChI is InChI=1S/C18H17Br2N5O/c19-13-3-1-2-12(8-13)9-15(26)24-4-6-25(7-5-24)18-16-14(20)10-21-17(16)22-11-23-18/h1-3,8,10-11H,4-7,9H2,(H,21,22,23). The van der Waals surface area contributed by atoms with E-state index in [1.54, 1.807) is 6.33 Å². The summed E-state index contributed by atoms with van der Waals surface area (Å²) < 4.78 is 1.95. The molecular formula is C18H17Br2N5O. The topological polar surface area (TPSA) is 65.1 Å². The molecule has 1 saturated heterocycles. The average Bonchev–Trinajstić information content (AvgIpc) is 3.03. The van der Waals surface area contributed by atoms with Crippen LogP contribution >= 0.6 is 31.9 Å². The zero-order valence-corrected chi connectivity index (χ0v) is 17.1. The number of carbonyl (C=O) groups excluding carboxylic acids is 1. The van der Waals surface area contributed by atoms with E-state index in [4.69, 9.17) is 0 Å². The molecule has 1 amide bonds. The van der Waals surface area contributed by atoms with E-state index in [2.05, 4.69) is 51.7 Å². The Morgan fingerprint density at radius 1 is 1.15 bits per heavy atom. The molecule has 0 bridgehead atoms. The molecule has 134 valence electrons. The number of hydrogen-bond acceptors (Lipinski definition) is 4. The minimum atomic E-state index is 0.165. The minimum absolute atomic E-state index is 0.165. The molecule has 0 aliphatic carbocycles. The number of piperazine rings is 1. The molecule has 3 heterocycles. The fraction of sp³-hybridized carbons (Fsp3) is 0.278. The highest BCUT2D eigenvalue weighted by atomic mass is 79.9. The first-order chi connectivity index (χ1) is 12.6. The van der Waals surface area contributed by atoms with Gasteiger partial charge in [0.2, 0.25) is 5.91 Å². The summed E-state index contributed by atoms with van der Waals surface area (Å²) in [4.78, 5) is 28.6. The van der Waals surface area contributed by atoms with Crippen LogP contribution in [0.5, 0.6) is 0 Å². The number of rotatable bonds is 3. The van der Waals surface area contributed by atoms with Crippen LogP contribution in [0.3, 0.4) is 0 Å². The quantitative estimate of drug-likeness (QED) is 0.626. The van der Waals surface area contributed by atoms with Crippen LogP contribution in [-0.4, -0.2) is 51.9 Å². The van der Waals surface area contributed by atoms with E-state index in [1.807, 2.05) is 35.4 Å². The van der Waals surface area contributed by atoms with Crippen molar-refractivity contribution in [2.75, 3.05) is 31.1 Å². The number of nitrogens with zero attached hydrogens (tertiary/aromatic N) is 4. The Morgan fingerprint density at radius 2 is 1.96 bits per heavy atom. The Balaban J connectivity index is 1.44. The Kier molecular flexibility index (Phi) is 4.95. The minimum Gasteiger partial charge on any atom is -0.352 e. The second kappa shape index (κ2) is 7.36. The van der Waals surface area contributed by atoms with Gasteiger partial charge in [-0.15, -0.1) is 0 Å². The van der Waals surface area contributed by atoms with Crippen molar-refractivity contribution in [3.63, 3.8) is 0 Å². The molecule has 1 aliphatic heterocycles. The van der Waals surface area contributed by atoms with Gasteiger partial charge in [-0.2, -0.15) is 0 Å². The number of carbonyl (C=O) groups is 1. The van der Waals surface area contributed by atoms with Crippen molar-refractivity contribution < 1.29 is 4.79 Å². The van der Waals surface area contributed by atoms with Crippen LogP contribution in [0, 0.1) is 0 Å². The lowest BCUT2D eigenvalue weighted by atomic mass is 10.1. The van der Waals surface area contributed by atoms with E-state index in [-0.39, 0.29) is 5.91 Å². The molecule has 6 nitrogen and oxygen atoms in total. The molecular weight excluding hydrogens is 462 g/mol. The monoisotopic (exact) mass is 477 g/mol. The normalized spacial score (nSPS) is 14.8. The Hall–Kier alpha value is -1.93. The van der Waals surface area contributed by atoms with Crippen LogP contribution in [0.2, 0.25) is 0 Å². The number of benzene rings is 1. The summed E-state index contributed by atoms with van der Waals surface area (Å²) in [6.07, 6.45) is 3.88. The maximum Gasteiger partial charge on any atom is 0.227 e. The summed E-state index contributed by atoms with van der Waals surface area (Å²) in [5, 5.41) is 0.987. The predicted octanol–water partition coefficient (Wildman–Crippen LogP) is 3.37. The van der Waals surface area contributed by atoms with Gasteiger partial charge in [-0.05, 0) is 33.6 Å². The maximum atomic E-state index is 12.6. The fourth-order valence-electron chi connectivity index (χ4n) is 3.25. The van der Waals surface area contributed by atoms with Gasteiger partial charge < -0.3 is 14.8 Å². The second-order valence-electron chi connectivity index (χ2n) is 6.23. The van der Waals surface area contributed by atoms with E-state index < -0.39 is 0 Å². The summed E-state index contributed by atoms with van der Waals surface area (Å²) in [5.74, 6) is 1.07. The highest BCUT2D eigenvalue weighted by Crippen LogP contribution is 2.30. The van der Waals surface area contributed by atoms with E-state index in [9.17, 15) is 4.79 Å². The molecule has 1 N–H and O–H groups in total. The smallest absolute Gasteiger partial charge is 0.227 e. The predicted molar refractivity (Wildman–Crippen MR) is 108 cm³/mol. The van der Waals surface area contributed by atoms with Crippen LogP contribution in [0.25, 0.3) is 11.0 Å². The molecule has 26 heavy (non-hydrogen) atoms. The van der Waals surface area contributed by atoms with Gasteiger partial charge >= 0.3 is 0 Å². The van der Waals surface area contributed by atoms with Crippen molar-refractivity contribution in [2.24, 2.45) is 0 Å². The van der Waals surface area contributed by atoms with Crippen LogP contribution in [0.1, 0.15) is 5.56 Å². The molecule has 0 spiro atoms. The Labute approximate surface area is 167 Å². The number of nitrogens with one attached hydrogen (secondary N) is 1. The van der Waals surface area contributed by atoms with Gasteiger partial charge in [-0.1, -0.05) is 28.1 Å². The molecule has 1 fully saturated rings. The third-order valence-corrected chi connectivity index (χ3v) is 5.70. The molecule has 0 saturated carbocycles. The number of hydrogen-bond donors (Lipinski definition) is 1. The van der Waals surface area contributed by atoms with Crippen LogP contribution in [-0.2, 0) is 11.2 Å². The SMILES string of the molecule is O=C(Cc1cccc(Br)c1)N1CCN(c2ncnc3[nH]cc(Br)c23)CC1. The number of aromatic nitrogens is 3. The fourth-order valence-corrected chi connectivity index (χ4v) is 4.18. The Bertz CT molecular complexity index is 950. The summed E-state index contributed by atoms with van der Waals surface area (Å²) in [7, 11) is 0. The van der Waals surface area contributed by atoms with Gasteiger partial charge in [0.25, 0.3) is 0 Å². The lowest BCUT2D eigenvalue weighted by Gasteiger charge is -2.35. The van der Waals surface area contributed by atoms with Gasteiger partial charge in [-0.3, -0.25) is 4.79 Å². The molecule has 0 atom stereocenters. The summed E-state index contributed by atoms with van der Waals surface area (Å²) in [6, 6.07) is 7.91. The third kappa shape index (κ3) is 3.48. The lowest BCUT2D eigenvalue weighted by Crippen LogP contribution is -2.49. The van der Waals surface area contributed by atoms with Crippen molar-refractivity contribution in [2.45, 2.75) is 6.42 Å². The van der Waals surface area contributed by atoms with Gasteiger partial charge in [0, 0.05) is 41.3 Å². The van der Waals surface area contributed by atoms with Gasteiger partial charge in [-0.25, -0.2) is 9.97 Å². The molecule has 0 radical (unpaired) electrons. The highest BCUT2D eigenvalue weighted by molar-refractivity contribution is 9.11. The lowest BCUT2D eigenvalue weighted by molar-refractivity contribution is -0.130. The van der Waals surface area contributed by atoms with E-state index in [0.29, 0.717) is 19.5 Å². The maximum absolute atomic E-state index is 12.6. The molecule has 3 aromatic rings. The first-order valence-corrected chi connectivity index (χ1v) is 9.95. The first kappa shape index (κ1) is 17.5. The zero-order chi connectivity index (χ0) is 18.1. The second-order valence-corrected chi connectivity index (χ2v) is 8.00. The largest absolute Gasteiger partial charge is 0.352 e. The molecule has 4 rings (SSSR count). The number of halogens is 2.